The topological polar surface area (TPSA) is 518 Å². The maximum Gasteiger partial charge on any atom is 0.311 e. The first-order valence-electron chi connectivity index (χ1n) is 52.9. The number of ether oxygens (including phenoxy) is 12. The monoisotopic (exact) mass is 2080 g/mol. The van der Waals surface area contributed by atoms with E-state index in [4.69, 9.17) is 67.2 Å². The lowest BCUT2D eigenvalue weighted by molar-refractivity contribution is -0.318. The summed E-state index contributed by atoms with van der Waals surface area (Å²) in [6, 6.07) is 14.0. The number of esters is 2. The van der Waals surface area contributed by atoms with Crippen LogP contribution < -0.4 is 0 Å². The number of cyclic esters (lactones) is 2. The summed E-state index contributed by atoms with van der Waals surface area (Å²) in [4.78, 5) is 47.8. The van der Waals surface area contributed by atoms with Crippen LogP contribution >= 0.6 is 0 Å². The smallest absolute Gasteiger partial charge is 0.311 e. The van der Waals surface area contributed by atoms with Crippen molar-refractivity contribution < 1.29 is 122 Å². The van der Waals surface area contributed by atoms with Crippen LogP contribution in [-0.2, 0) is 110 Å². The number of aliphatic hydroxyl groups excluding tert-OH is 6. The van der Waals surface area contributed by atoms with Crippen molar-refractivity contribution in [2.75, 3.05) is 68.6 Å². The van der Waals surface area contributed by atoms with Gasteiger partial charge in [-0.3, -0.25) is 19.0 Å². The highest BCUT2D eigenvalue weighted by Gasteiger charge is 2.57. The number of carbonyl (C=O) groups excluding carboxylic acids is 3. The van der Waals surface area contributed by atoms with Crippen LogP contribution in [0.2, 0.25) is 0 Å². The molecule has 0 radical (unpaired) electrons. The number of likely N-dealkylation sites (N-methyl/N-ethyl adjacent to an activating group) is 4. The molecule has 0 aliphatic carbocycles. The van der Waals surface area contributed by atoms with E-state index in [1.54, 1.807) is 87.8 Å². The SMILES string of the molecule is C=O.CC[C@H]1OC(=O)[C@H](C)[C@@H](O[C@H]2C[C@@](C)(OC)[C@@H](O)[C@H](C)O2)[C@H](C)[C@@H](O[C@@H]2O[C@H](C)C[C@H](N(C)CCc3cn(CCCCc4ccc(-n5cc(C)nn5)cc4)nn3)[C@H]2O)[C@](C)(O)C[C@@H](C)CN(C)[C@H](C)[C@@H](O)[C@]1(C)O.CC[C@H]1OC(=O)[C@H](C)[C@@H](O[C@H]2C[C@@](C)(OC)[C@@H](O)[C@H](C)O2)[C@H](C)[C@@H](O[C@@H]2O[C@H](C)C[C@H](N(C)CCc3cn(CCCCc4ccc(N=[N+]=[N-])cc4)nn3)[C@H]2O)[C@](C)(O)C[C@@H](C)CN(C)[C@H](C)[C@@H](O)[C@]1(C)O. The minimum absolute atomic E-state index is 0.104. The van der Waals surface area contributed by atoms with Crippen LogP contribution in [0.5, 0.6) is 0 Å². The van der Waals surface area contributed by atoms with Crippen molar-refractivity contribution >= 4 is 24.4 Å². The standard InChI is InChI=1S/C54H90N8O12.C51H86N8O12.CH2O/c1-15-43-54(11,68)47(64)37(7)60(13)29-32(2)27-52(9,67)49(35(5)46(36(6)50(66)72-43)73-44-28-53(10,69-14)48(65)38(8)71-44)74-51-45(63)42(26-34(4)70-51)59(12)25-23-40-31-61(57-56-40)24-17-16-18-39-19-21-41(22-20-39)62-30-33(3)55-58-62;1-14-40-51(10,65)44(61)34(6)58(12)28-30(2)26-49(8,64)46(32(4)43(33(5)47(63)69-40)70-41-27-50(9,66-13)45(62)35(7)68-41)71-48-42(60)39(25-31(3)67-48)57(11)24-22-38-29-59(56-54-38)23-16-15-17-36-18-20-37(21-19-36)53-55-52;1-2/h19-22,30-32,34-38,42-49,51,63-65,67-68H,15-18,23-29H2,1-14H3;18-21,29-35,39-46,48,60-62,64-65H,14-17,22-28H2,1-13H3;1H2/t32-,34-,35+,36-,37-,38+,42+,43-,44+,45-,46+,47-,48+,49-,51+,52-,53-,54-;30-,31-,32+,33-,34-,35+,39+,40-,41+,42-,43+,44-,45+,46-,48+,49-,50-,51-;/m11./s1. The summed E-state index contributed by atoms with van der Waals surface area (Å²) in [7, 11) is 10.6. The van der Waals surface area contributed by atoms with Gasteiger partial charge < -0.3 is 132 Å². The van der Waals surface area contributed by atoms with Gasteiger partial charge in [0.25, 0.3) is 0 Å². The number of benzene rings is 2. The Morgan fingerprint density at radius 1 is 0.510 bits per heavy atom. The molecule has 6 saturated heterocycles. The second kappa shape index (κ2) is 54.6. The molecule has 832 valence electrons. The molecule has 10 N–H and O–H groups in total. The van der Waals surface area contributed by atoms with Gasteiger partial charge in [-0.15, -0.1) is 15.3 Å². The van der Waals surface area contributed by atoms with Crippen molar-refractivity contribution in [1.82, 2.24) is 64.6 Å². The van der Waals surface area contributed by atoms with Crippen LogP contribution in [0.4, 0.5) is 5.69 Å². The number of nitrogens with zero attached hydrogens (tertiary/aromatic N) is 16. The van der Waals surface area contributed by atoms with E-state index < -0.39 is 204 Å². The molecular weight excluding hydrogens is 1900 g/mol. The molecule has 0 unspecified atom stereocenters. The molecule has 41 heteroatoms. The van der Waals surface area contributed by atoms with Gasteiger partial charge in [-0.2, -0.15) is 0 Å². The van der Waals surface area contributed by atoms with Crippen molar-refractivity contribution in [3.8, 4) is 5.69 Å². The van der Waals surface area contributed by atoms with Crippen LogP contribution in [0.25, 0.3) is 16.1 Å². The van der Waals surface area contributed by atoms with Crippen molar-refractivity contribution in [2.24, 2.45) is 40.6 Å². The molecule has 147 heavy (non-hydrogen) atoms. The van der Waals surface area contributed by atoms with E-state index in [9.17, 15) is 60.7 Å². The number of rotatable bonds is 32. The first kappa shape index (κ1) is 123. The largest absolute Gasteiger partial charge is 0.459 e. The van der Waals surface area contributed by atoms with E-state index in [2.05, 4.69) is 75.0 Å². The molecule has 11 rings (SSSR count). The van der Waals surface area contributed by atoms with Crippen molar-refractivity contribution in [3.63, 3.8) is 0 Å². The molecule has 6 fully saturated rings. The Kier molecular flexibility index (Phi) is 45.8. The van der Waals surface area contributed by atoms with Crippen molar-refractivity contribution in [2.45, 2.75) is 442 Å². The Bertz CT molecular complexity index is 4840. The summed E-state index contributed by atoms with van der Waals surface area (Å²) in [6.07, 6.45) is -5.25. The molecule has 2 aromatic carbocycles. The normalized spacial score (nSPS) is 38.3. The molecule has 36 atom stereocenters. The molecule has 41 nitrogen and oxygen atoms in total. The third kappa shape index (κ3) is 32.0. The van der Waals surface area contributed by atoms with Gasteiger partial charge in [-0.1, -0.05) is 98.7 Å². The fourth-order valence-corrected chi connectivity index (χ4v) is 22.6. The maximum atomic E-state index is 14.5. The minimum atomic E-state index is -1.83. The lowest BCUT2D eigenvalue weighted by Crippen LogP contribution is -2.61. The second-order valence-electron chi connectivity index (χ2n) is 44.6. The van der Waals surface area contributed by atoms with Gasteiger partial charge in [0.15, 0.2) is 25.2 Å². The highest BCUT2D eigenvalue weighted by atomic mass is 16.7. The Morgan fingerprint density at radius 3 is 1.24 bits per heavy atom. The summed E-state index contributed by atoms with van der Waals surface area (Å²) >= 11 is 0. The van der Waals surface area contributed by atoms with Crippen molar-refractivity contribution in [1.29, 1.82) is 0 Å². The third-order valence-corrected chi connectivity index (χ3v) is 31.9. The quantitative estimate of drug-likeness (QED) is 0.00631. The predicted octanol–water partition coefficient (Wildman–Crippen LogP) is 8.90. The highest BCUT2D eigenvalue weighted by molar-refractivity contribution is 5.73. The Morgan fingerprint density at radius 2 is 0.891 bits per heavy atom. The Labute approximate surface area is 869 Å². The van der Waals surface area contributed by atoms with E-state index in [1.165, 1.54) is 39.2 Å². The van der Waals surface area contributed by atoms with Gasteiger partial charge in [-0.05, 0) is 250 Å². The average molecular weight is 2080 g/mol. The van der Waals surface area contributed by atoms with Crippen molar-refractivity contribution in [3.05, 3.63) is 106 Å². The predicted molar refractivity (Wildman–Crippen MR) is 548 cm³/mol. The average Bonchev–Trinajstić information content (AvgIpc) is 1.45. The van der Waals surface area contributed by atoms with E-state index >= 15 is 0 Å². The van der Waals surface area contributed by atoms with Crippen LogP contribution in [0.3, 0.4) is 0 Å². The number of carbonyl (C=O) groups is 3. The number of aryl methyl sites for hydroxylation is 5. The lowest BCUT2D eigenvalue weighted by Gasteiger charge is -2.49. The fraction of sp³-hybridized carbons (Fsp3) is 0.802. The molecule has 0 bridgehead atoms. The molecule has 0 amide bonds. The van der Waals surface area contributed by atoms with E-state index in [0.717, 1.165) is 67.8 Å². The number of unbranched alkanes of at least 4 members (excludes halogenated alkanes) is 2. The number of aromatic nitrogens is 9. The number of azide groups is 1. The molecular formula is C106H178N16O25. The molecule has 6 aliphatic rings. The molecule has 3 aromatic heterocycles. The Hall–Kier alpha value is -7.18. The molecule has 0 saturated carbocycles. The second-order valence-corrected chi connectivity index (χ2v) is 44.6. The maximum absolute atomic E-state index is 14.5. The van der Waals surface area contributed by atoms with E-state index in [1.807, 2.05) is 145 Å². The van der Waals surface area contributed by atoms with E-state index in [0.29, 0.717) is 64.1 Å². The fourth-order valence-electron chi connectivity index (χ4n) is 22.6. The van der Waals surface area contributed by atoms with Gasteiger partial charge >= 0.3 is 11.9 Å². The van der Waals surface area contributed by atoms with Gasteiger partial charge in [0, 0.05) is 138 Å². The zero-order valence-corrected chi connectivity index (χ0v) is 92.2. The lowest BCUT2D eigenvalue weighted by atomic mass is 9.77. The zero-order chi connectivity index (χ0) is 109. The summed E-state index contributed by atoms with van der Waals surface area (Å²) < 4.78 is 82.2. The summed E-state index contributed by atoms with van der Waals surface area (Å²) in [5.41, 5.74) is 6.15. The highest BCUT2D eigenvalue weighted by Crippen LogP contribution is 2.45. The van der Waals surface area contributed by atoms with E-state index in [-0.39, 0.29) is 62.6 Å². The summed E-state index contributed by atoms with van der Waals surface area (Å²) in [5.74, 6) is -5.51. The van der Waals surface area contributed by atoms with Gasteiger partial charge in [0.1, 0.15) is 66.8 Å². The summed E-state index contributed by atoms with van der Waals surface area (Å²) in [6.45, 7) is 42.6. The minimum Gasteiger partial charge on any atom is -0.459 e. The Balaban J connectivity index is 0.000000322. The van der Waals surface area contributed by atoms with Gasteiger partial charge in [0.05, 0.1) is 112 Å². The molecule has 5 aromatic rings. The first-order chi connectivity index (χ1) is 69.1. The van der Waals surface area contributed by atoms with Crippen LogP contribution in [0.15, 0.2) is 72.2 Å². The number of hydrogen-bond donors (Lipinski definition) is 10. The summed E-state index contributed by atoms with van der Waals surface area (Å²) in [5, 5.41) is 149. The van der Waals surface area contributed by atoms with Crippen LogP contribution in [0.1, 0.15) is 244 Å². The first-order valence-corrected chi connectivity index (χ1v) is 52.9. The molecule has 6 aliphatic heterocycles. The van der Waals surface area contributed by atoms with Crippen LogP contribution in [-0.4, -0.2) is 384 Å². The number of aliphatic hydroxyl groups is 10. The van der Waals surface area contributed by atoms with Crippen LogP contribution in [0, 0.1) is 42.4 Å². The number of methoxy groups -OCH3 is 2. The zero-order valence-electron chi connectivity index (χ0n) is 92.2. The number of hydrogen-bond acceptors (Lipinski definition) is 36. The van der Waals surface area contributed by atoms with Gasteiger partial charge in [0.2, 0.25) is 0 Å². The molecule has 0 spiro atoms. The molecule has 9 heterocycles. The third-order valence-electron chi connectivity index (χ3n) is 31.9. The van der Waals surface area contributed by atoms with Gasteiger partial charge in [-0.25, -0.2) is 4.68 Å².